The maximum absolute atomic E-state index is 11.9. The van der Waals surface area contributed by atoms with E-state index in [1.165, 1.54) is 7.11 Å². The predicted octanol–water partition coefficient (Wildman–Crippen LogP) is 6.30. The van der Waals surface area contributed by atoms with Crippen molar-refractivity contribution in [2.45, 2.75) is 13.5 Å². The number of methoxy groups -OCH3 is 1. The van der Waals surface area contributed by atoms with E-state index in [2.05, 4.69) is 51.8 Å². The Morgan fingerprint density at radius 1 is 1.10 bits per heavy atom. The van der Waals surface area contributed by atoms with Gasteiger partial charge in [0.05, 0.1) is 18.4 Å². The number of fused-ring (bicyclic) bond motifs is 1. The topological polar surface area (TPSA) is 43.6 Å². The number of carbonyl (C=O) groups excluding carboxylic acids is 1. The molecule has 0 unspecified atom stereocenters. The number of ether oxygens (including phenoxy) is 1. The Balaban J connectivity index is 1.69. The Labute approximate surface area is 184 Å². The van der Waals surface area contributed by atoms with Crippen LogP contribution in [0.15, 0.2) is 82.4 Å². The van der Waals surface area contributed by atoms with Gasteiger partial charge in [-0.2, -0.15) is 0 Å². The maximum Gasteiger partial charge on any atom is 0.337 e. The van der Waals surface area contributed by atoms with Crippen LogP contribution in [0.3, 0.4) is 0 Å². The zero-order valence-corrected chi connectivity index (χ0v) is 18.4. The van der Waals surface area contributed by atoms with E-state index >= 15 is 0 Å². The van der Waals surface area contributed by atoms with Crippen molar-refractivity contribution in [2.75, 3.05) is 7.11 Å². The summed E-state index contributed by atoms with van der Waals surface area (Å²) in [6.07, 6.45) is 4.02. The number of aliphatic imine (C=N–C) groups is 1. The summed E-state index contributed by atoms with van der Waals surface area (Å²) in [5, 5.41) is 1.14. The minimum Gasteiger partial charge on any atom is -0.465 e. The molecule has 0 aliphatic carbocycles. The summed E-state index contributed by atoms with van der Waals surface area (Å²) < 4.78 is 8.07. The summed E-state index contributed by atoms with van der Waals surface area (Å²) >= 11 is 3.49. The lowest BCUT2D eigenvalue weighted by Crippen LogP contribution is -2.03. The summed E-state index contributed by atoms with van der Waals surface area (Å²) in [6, 6.07) is 21.9. The van der Waals surface area contributed by atoms with E-state index in [4.69, 9.17) is 9.73 Å². The smallest absolute Gasteiger partial charge is 0.337 e. The molecular formula is C25H21BrN2O2. The number of halogens is 1. The van der Waals surface area contributed by atoms with Gasteiger partial charge in [-0.1, -0.05) is 46.3 Å². The van der Waals surface area contributed by atoms with Crippen LogP contribution in [0, 0.1) is 6.92 Å². The molecule has 1 aromatic heterocycles. The van der Waals surface area contributed by atoms with Gasteiger partial charge in [-0.3, -0.25) is 4.99 Å². The van der Waals surface area contributed by atoms with Gasteiger partial charge in [0.25, 0.3) is 0 Å². The standard InChI is InChI=1S/C25H21BrN2O2/c1-17-12-21(26)10-11-23(17)27-14-20-16-28(24-9-4-3-8-22(20)24)15-18-6-5-7-19(13-18)25(29)30-2/h3-14,16H,15H2,1-2H3. The number of hydrogen-bond acceptors (Lipinski definition) is 3. The number of benzene rings is 3. The molecule has 30 heavy (non-hydrogen) atoms. The van der Waals surface area contributed by atoms with Gasteiger partial charge in [0.15, 0.2) is 0 Å². The molecule has 0 spiro atoms. The first-order valence-corrected chi connectivity index (χ1v) is 10.4. The number of rotatable bonds is 5. The summed E-state index contributed by atoms with van der Waals surface area (Å²) in [6.45, 7) is 2.70. The van der Waals surface area contributed by atoms with E-state index in [9.17, 15) is 4.79 Å². The van der Waals surface area contributed by atoms with Crippen LogP contribution in [0.5, 0.6) is 0 Å². The van der Waals surface area contributed by atoms with E-state index < -0.39 is 0 Å². The molecule has 0 atom stereocenters. The van der Waals surface area contributed by atoms with Gasteiger partial charge in [0, 0.05) is 39.9 Å². The first-order chi connectivity index (χ1) is 14.5. The lowest BCUT2D eigenvalue weighted by molar-refractivity contribution is 0.0600. The zero-order valence-electron chi connectivity index (χ0n) is 16.8. The molecule has 150 valence electrons. The molecule has 4 nitrogen and oxygen atoms in total. The molecule has 0 saturated heterocycles. The summed E-state index contributed by atoms with van der Waals surface area (Å²) in [7, 11) is 1.40. The lowest BCUT2D eigenvalue weighted by atomic mass is 10.1. The van der Waals surface area contributed by atoms with Crippen LogP contribution in [0.25, 0.3) is 10.9 Å². The molecule has 4 rings (SSSR count). The van der Waals surface area contributed by atoms with Crippen LogP contribution in [0.1, 0.15) is 27.0 Å². The third-order valence-corrected chi connectivity index (χ3v) is 5.52. The fourth-order valence-corrected chi connectivity index (χ4v) is 4.00. The predicted molar refractivity (Wildman–Crippen MR) is 125 cm³/mol. The average Bonchev–Trinajstić information content (AvgIpc) is 3.10. The first kappa shape index (κ1) is 20.1. The van der Waals surface area contributed by atoms with E-state index in [1.807, 2.05) is 48.7 Å². The number of para-hydroxylation sites is 1. The molecule has 0 N–H and O–H groups in total. The number of hydrogen-bond donors (Lipinski definition) is 0. The Bertz CT molecular complexity index is 1260. The molecule has 5 heteroatoms. The van der Waals surface area contributed by atoms with Gasteiger partial charge in [-0.15, -0.1) is 0 Å². The van der Waals surface area contributed by atoms with E-state index in [0.717, 1.165) is 37.8 Å². The minimum absolute atomic E-state index is 0.327. The maximum atomic E-state index is 11.9. The Hall–Kier alpha value is -3.18. The fourth-order valence-electron chi connectivity index (χ4n) is 3.52. The van der Waals surface area contributed by atoms with Crippen molar-refractivity contribution in [2.24, 2.45) is 4.99 Å². The number of aryl methyl sites for hydroxylation is 1. The van der Waals surface area contributed by atoms with Crippen LogP contribution in [-0.2, 0) is 11.3 Å². The van der Waals surface area contributed by atoms with E-state index in [-0.39, 0.29) is 5.97 Å². The van der Waals surface area contributed by atoms with Crippen molar-refractivity contribution in [1.29, 1.82) is 0 Å². The lowest BCUT2D eigenvalue weighted by Gasteiger charge is -2.07. The molecule has 4 aromatic rings. The fraction of sp³-hybridized carbons (Fsp3) is 0.120. The van der Waals surface area contributed by atoms with Crippen molar-refractivity contribution in [3.05, 3.63) is 99.7 Å². The second-order valence-electron chi connectivity index (χ2n) is 7.11. The second-order valence-corrected chi connectivity index (χ2v) is 8.03. The Morgan fingerprint density at radius 3 is 2.73 bits per heavy atom. The van der Waals surface area contributed by atoms with E-state index in [1.54, 1.807) is 6.07 Å². The van der Waals surface area contributed by atoms with Gasteiger partial charge in [0.1, 0.15) is 0 Å². The molecule has 0 saturated carbocycles. The van der Waals surface area contributed by atoms with Crippen molar-refractivity contribution in [1.82, 2.24) is 4.57 Å². The largest absolute Gasteiger partial charge is 0.465 e. The highest BCUT2D eigenvalue weighted by atomic mass is 79.9. The highest BCUT2D eigenvalue weighted by Crippen LogP contribution is 2.25. The third kappa shape index (κ3) is 4.21. The van der Waals surface area contributed by atoms with Gasteiger partial charge < -0.3 is 9.30 Å². The van der Waals surface area contributed by atoms with Crippen molar-refractivity contribution < 1.29 is 9.53 Å². The van der Waals surface area contributed by atoms with Gasteiger partial charge in [-0.25, -0.2) is 4.79 Å². The molecule has 1 heterocycles. The van der Waals surface area contributed by atoms with Crippen molar-refractivity contribution >= 4 is 44.7 Å². The number of nitrogens with zero attached hydrogens (tertiary/aromatic N) is 2. The molecule has 0 fully saturated rings. The van der Waals surface area contributed by atoms with Crippen LogP contribution in [-0.4, -0.2) is 23.9 Å². The molecule has 0 aliphatic rings. The first-order valence-electron chi connectivity index (χ1n) is 9.60. The second kappa shape index (κ2) is 8.67. The molecule has 0 bridgehead atoms. The monoisotopic (exact) mass is 460 g/mol. The highest BCUT2D eigenvalue weighted by Gasteiger charge is 2.10. The minimum atomic E-state index is -0.327. The van der Waals surface area contributed by atoms with Crippen molar-refractivity contribution in [3.8, 4) is 0 Å². The van der Waals surface area contributed by atoms with Gasteiger partial charge >= 0.3 is 5.97 Å². The van der Waals surface area contributed by atoms with Gasteiger partial charge in [-0.05, 0) is 54.4 Å². The number of aromatic nitrogens is 1. The highest BCUT2D eigenvalue weighted by molar-refractivity contribution is 9.10. The molecule has 0 radical (unpaired) electrons. The van der Waals surface area contributed by atoms with Crippen LogP contribution in [0.4, 0.5) is 5.69 Å². The average molecular weight is 461 g/mol. The molecule has 0 aliphatic heterocycles. The summed E-state index contributed by atoms with van der Waals surface area (Å²) in [5.74, 6) is -0.327. The molecular weight excluding hydrogens is 440 g/mol. The normalized spacial score (nSPS) is 11.3. The van der Waals surface area contributed by atoms with Crippen LogP contribution in [0.2, 0.25) is 0 Å². The van der Waals surface area contributed by atoms with Crippen LogP contribution < -0.4 is 0 Å². The van der Waals surface area contributed by atoms with Gasteiger partial charge in [0.2, 0.25) is 0 Å². The molecule has 0 amide bonds. The SMILES string of the molecule is COC(=O)c1cccc(Cn2cc(C=Nc3ccc(Br)cc3C)c3ccccc32)c1. The third-order valence-electron chi connectivity index (χ3n) is 5.02. The van der Waals surface area contributed by atoms with E-state index in [0.29, 0.717) is 12.1 Å². The summed E-state index contributed by atoms with van der Waals surface area (Å²) in [5.41, 5.74) is 5.82. The zero-order chi connectivity index (χ0) is 21.1. The Morgan fingerprint density at radius 2 is 1.93 bits per heavy atom. The van der Waals surface area contributed by atoms with Crippen LogP contribution >= 0.6 is 15.9 Å². The van der Waals surface area contributed by atoms with Crippen molar-refractivity contribution in [3.63, 3.8) is 0 Å². The Kier molecular flexibility index (Phi) is 5.81. The quantitative estimate of drug-likeness (QED) is 0.259. The number of carbonyl (C=O) groups is 1. The number of esters is 1. The summed E-state index contributed by atoms with van der Waals surface area (Å²) in [4.78, 5) is 16.6. The molecule has 3 aromatic carbocycles.